The summed E-state index contributed by atoms with van der Waals surface area (Å²) in [6.45, 7) is 0.168. The third-order valence-electron chi connectivity index (χ3n) is 2.73. The van der Waals surface area contributed by atoms with E-state index < -0.39 is 9.84 Å². The molecule has 0 saturated heterocycles. The van der Waals surface area contributed by atoms with Crippen molar-refractivity contribution in [1.29, 1.82) is 0 Å². The first kappa shape index (κ1) is 14.4. The fourth-order valence-corrected chi connectivity index (χ4v) is 2.25. The number of carbonyl (C=O) groups is 1. The van der Waals surface area contributed by atoms with Crippen molar-refractivity contribution in [3.8, 4) is 11.3 Å². The van der Waals surface area contributed by atoms with Gasteiger partial charge in [0.2, 0.25) is 0 Å². The van der Waals surface area contributed by atoms with Crippen LogP contribution < -0.4 is 0 Å². The molecule has 106 valence electrons. The van der Waals surface area contributed by atoms with Crippen LogP contribution in [0.4, 0.5) is 4.39 Å². The molecular weight excluding hydrogens is 283 g/mol. The molecule has 7 heteroatoms. The SMILES string of the molecule is CS(=O)(=O)CCn1cc(C=O)c(-c2ccc(F)cc2)n1. The van der Waals surface area contributed by atoms with Crippen molar-refractivity contribution in [3.63, 3.8) is 0 Å². The second kappa shape index (κ2) is 5.54. The zero-order valence-corrected chi connectivity index (χ0v) is 11.6. The highest BCUT2D eigenvalue weighted by molar-refractivity contribution is 7.90. The van der Waals surface area contributed by atoms with E-state index in [1.165, 1.54) is 35.1 Å². The summed E-state index contributed by atoms with van der Waals surface area (Å²) < 4.78 is 36.5. The summed E-state index contributed by atoms with van der Waals surface area (Å²) in [5.74, 6) is -0.437. The molecule has 0 fully saturated rings. The number of halogens is 1. The van der Waals surface area contributed by atoms with Crippen molar-refractivity contribution in [3.05, 3.63) is 41.8 Å². The molecule has 20 heavy (non-hydrogen) atoms. The highest BCUT2D eigenvalue weighted by Crippen LogP contribution is 2.21. The van der Waals surface area contributed by atoms with E-state index in [-0.39, 0.29) is 18.1 Å². The molecule has 0 bridgehead atoms. The van der Waals surface area contributed by atoms with Gasteiger partial charge in [0.15, 0.2) is 6.29 Å². The lowest BCUT2D eigenvalue weighted by atomic mass is 10.1. The number of sulfone groups is 1. The second-order valence-corrected chi connectivity index (χ2v) is 6.71. The Morgan fingerprint density at radius 2 is 1.95 bits per heavy atom. The van der Waals surface area contributed by atoms with Crippen LogP contribution in [0.1, 0.15) is 10.4 Å². The normalized spacial score (nSPS) is 11.5. The third kappa shape index (κ3) is 3.51. The van der Waals surface area contributed by atoms with Crippen LogP contribution in [0, 0.1) is 5.82 Å². The Bertz CT molecular complexity index is 721. The summed E-state index contributed by atoms with van der Waals surface area (Å²) in [5, 5.41) is 4.18. The van der Waals surface area contributed by atoms with Gasteiger partial charge >= 0.3 is 0 Å². The molecule has 0 aliphatic rings. The lowest BCUT2D eigenvalue weighted by Crippen LogP contribution is -2.11. The Morgan fingerprint density at radius 3 is 2.50 bits per heavy atom. The predicted molar refractivity (Wildman–Crippen MR) is 72.7 cm³/mol. The van der Waals surface area contributed by atoms with Crippen LogP contribution in [-0.4, -0.2) is 36.5 Å². The molecule has 0 aliphatic heterocycles. The van der Waals surface area contributed by atoms with E-state index in [1.807, 2.05) is 0 Å². The molecule has 0 N–H and O–H groups in total. The van der Waals surface area contributed by atoms with Crippen LogP contribution in [0.15, 0.2) is 30.5 Å². The van der Waals surface area contributed by atoms with Gasteiger partial charge in [-0.3, -0.25) is 9.48 Å². The van der Waals surface area contributed by atoms with Gasteiger partial charge in [-0.1, -0.05) is 0 Å². The number of carbonyl (C=O) groups excluding carboxylic acids is 1. The van der Waals surface area contributed by atoms with Crippen molar-refractivity contribution < 1.29 is 17.6 Å². The molecule has 2 rings (SSSR count). The maximum atomic E-state index is 12.9. The Morgan fingerprint density at radius 1 is 1.30 bits per heavy atom. The Kier molecular flexibility index (Phi) is 3.99. The number of aldehydes is 1. The van der Waals surface area contributed by atoms with Gasteiger partial charge in [-0.2, -0.15) is 5.10 Å². The minimum Gasteiger partial charge on any atom is -0.298 e. The molecule has 1 aromatic carbocycles. The third-order valence-corrected chi connectivity index (χ3v) is 3.65. The van der Waals surface area contributed by atoms with E-state index in [9.17, 15) is 17.6 Å². The van der Waals surface area contributed by atoms with Crippen LogP contribution in [0.25, 0.3) is 11.3 Å². The quantitative estimate of drug-likeness (QED) is 0.785. The Hall–Kier alpha value is -2.02. The molecule has 1 aromatic heterocycles. The molecule has 1 heterocycles. The monoisotopic (exact) mass is 296 g/mol. The smallest absolute Gasteiger partial charge is 0.153 e. The number of nitrogens with zero attached hydrogens (tertiary/aromatic N) is 2. The van der Waals surface area contributed by atoms with E-state index >= 15 is 0 Å². The number of aromatic nitrogens is 2. The number of aryl methyl sites for hydroxylation is 1. The van der Waals surface area contributed by atoms with Gasteiger partial charge in [0, 0.05) is 18.0 Å². The summed E-state index contributed by atoms with van der Waals surface area (Å²) in [7, 11) is -3.10. The Balaban J connectivity index is 2.31. The van der Waals surface area contributed by atoms with Crippen LogP contribution in [-0.2, 0) is 16.4 Å². The number of hydrogen-bond acceptors (Lipinski definition) is 4. The molecular formula is C13H13FN2O3S. The Labute approximate surface area is 116 Å². The standard InChI is InChI=1S/C13H13FN2O3S/c1-20(18,19)7-6-16-8-11(9-17)13(15-16)10-2-4-12(14)5-3-10/h2-5,8-9H,6-7H2,1H3. The average Bonchev–Trinajstić information content (AvgIpc) is 2.80. The summed E-state index contributed by atoms with van der Waals surface area (Å²) in [4.78, 5) is 11.0. The molecule has 0 aliphatic carbocycles. The molecule has 0 saturated carbocycles. The summed E-state index contributed by atoms with van der Waals surface area (Å²) in [5.41, 5.74) is 1.35. The first-order valence-corrected chi connectivity index (χ1v) is 7.91. The van der Waals surface area contributed by atoms with Crippen molar-refractivity contribution in [2.24, 2.45) is 0 Å². The van der Waals surface area contributed by atoms with Gasteiger partial charge < -0.3 is 0 Å². The molecule has 5 nitrogen and oxygen atoms in total. The van der Waals surface area contributed by atoms with Crippen LogP contribution in [0.5, 0.6) is 0 Å². The first-order valence-electron chi connectivity index (χ1n) is 5.85. The lowest BCUT2D eigenvalue weighted by Gasteiger charge is -2.00. The summed E-state index contributed by atoms with van der Waals surface area (Å²) in [6, 6.07) is 5.59. The van der Waals surface area contributed by atoms with Crippen molar-refractivity contribution in [1.82, 2.24) is 9.78 Å². The maximum Gasteiger partial charge on any atom is 0.153 e. The van der Waals surface area contributed by atoms with E-state index in [0.717, 1.165) is 6.26 Å². The first-order chi connectivity index (χ1) is 9.39. The van der Waals surface area contributed by atoms with Crippen LogP contribution in [0.2, 0.25) is 0 Å². The lowest BCUT2D eigenvalue weighted by molar-refractivity contribution is 0.112. The largest absolute Gasteiger partial charge is 0.298 e. The van der Waals surface area contributed by atoms with Gasteiger partial charge in [0.25, 0.3) is 0 Å². The predicted octanol–water partition coefficient (Wildman–Crippen LogP) is 1.55. The fourth-order valence-electron chi connectivity index (χ4n) is 1.73. The summed E-state index contributed by atoms with van der Waals surface area (Å²) >= 11 is 0. The highest BCUT2D eigenvalue weighted by Gasteiger charge is 2.12. The van der Waals surface area contributed by atoms with E-state index in [4.69, 9.17) is 0 Å². The minimum atomic E-state index is -3.10. The number of benzene rings is 1. The van der Waals surface area contributed by atoms with E-state index in [0.29, 0.717) is 23.1 Å². The second-order valence-electron chi connectivity index (χ2n) is 4.45. The molecule has 0 spiro atoms. The highest BCUT2D eigenvalue weighted by atomic mass is 32.2. The molecule has 0 radical (unpaired) electrons. The number of rotatable bonds is 5. The minimum absolute atomic E-state index is 0.0597. The van der Waals surface area contributed by atoms with E-state index in [1.54, 1.807) is 0 Å². The average molecular weight is 296 g/mol. The van der Waals surface area contributed by atoms with E-state index in [2.05, 4.69) is 5.10 Å². The zero-order chi connectivity index (χ0) is 14.8. The topological polar surface area (TPSA) is 69.0 Å². The van der Waals surface area contributed by atoms with Gasteiger partial charge in [0.1, 0.15) is 21.3 Å². The summed E-state index contributed by atoms with van der Waals surface area (Å²) in [6.07, 6.45) is 3.26. The van der Waals surface area contributed by atoms with Crippen molar-refractivity contribution in [2.75, 3.05) is 12.0 Å². The molecule has 0 amide bonds. The molecule has 0 unspecified atom stereocenters. The van der Waals surface area contributed by atoms with Crippen LogP contribution in [0.3, 0.4) is 0 Å². The van der Waals surface area contributed by atoms with Gasteiger partial charge in [0.05, 0.1) is 17.9 Å². The number of hydrogen-bond donors (Lipinski definition) is 0. The van der Waals surface area contributed by atoms with Crippen molar-refractivity contribution >= 4 is 16.1 Å². The van der Waals surface area contributed by atoms with Gasteiger partial charge in [-0.05, 0) is 24.3 Å². The van der Waals surface area contributed by atoms with Crippen molar-refractivity contribution in [2.45, 2.75) is 6.54 Å². The zero-order valence-electron chi connectivity index (χ0n) is 10.8. The molecule has 2 aromatic rings. The fraction of sp³-hybridized carbons (Fsp3) is 0.231. The van der Waals surface area contributed by atoms with Gasteiger partial charge in [-0.25, -0.2) is 12.8 Å². The maximum absolute atomic E-state index is 12.9. The molecule has 0 atom stereocenters. The van der Waals surface area contributed by atoms with Crippen LogP contribution >= 0.6 is 0 Å². The van der Waals surface area contributed by atoms with Gasteiger partial charge in [-0.15, -0.1) is 0 Å².